The van der Waals surface area contributed by atoms with Crippen molar-refractivity contribution in [2.24, 2.45) is 0 Å². The predicted octanol–water partition coefficient (Wildman–Crippen LogP) is 19.2. The molecule has 0 saturated heterocycles. The molecule has 0 amide bonds. The predicted molar refractivity (Wildman–Crippen MR) is 310 cm³/mol. The van der Waals surface area contributed by atoms with Crippen LogP contribution in [-0.2, 0) is 0 Å². The van der Waals surface area contributed by atoms with Gasteiger partial charge < -0.3 is 9.80 Å². The van der Waals surface area contributed by atoms with Gasteiger partial charge in [-0.1, -0.05) is 194 Å². The topological polar surface area (TPSA) is 54.1 Å². The Morgan fingerprint density at radius 1 is 0.243 bits per heavy atom. The Morgan fingerprint density at radius 2 is 0.568 bits per heavy atom. The second-order valence-corrected chi connectivity index (χ2v) is 19.1. The Morgan fingerprint density at radius 3 is 0.973 bits per heavy atom. The smallest absolute Gasteiger partial charge is 0.102 e. The molecule has 14 aromatic rings. The zero-order valence-electron chi connectivity index (χ0n) is 40.0. The molecule has 0 unspecified atom stereocenters. The molecular weight excluding hydrogens is 897 g/mol. The van der Waals surface area contributed by atoms with Gasteiger partial charge in [0.05, 0.1) is 22.5 Å². The lowest BCUT2D eigenvalue weighted by Gasteiger charge is -2.29. The summed E-state index contributed by atoms with van der Waals surface area (Å²) < 4.78 is 0. The summed E-state index contributed by atoms with van der Waals surface area (Å²) in [6.07, 6.45) is 0. The summed E-state index contributed by atoms with van der Waals surface area (Å²) in [6.45, 7) is 0. The maximum Gasteiger partial charge on any atom is 0.102 e. The van der Waals surface area contributed by atoms with Crippen molar-refractivity contribution in [2.75, 3.05) is 9.80 Å². The summed E-state index contributed by atoms with van der Waals surface area (Å²) in [6, 6.07) is 95.2. The zero-order chi connectivity index (χ0) is 49.3. The van der Waals surface area contributed by atoms with Crippen molar-refractivity contribution in [1.29, 1.82) is 10.5 Å². The first-order valence-electron chi connectivity index (χ1n) is 24.9. The van der Waals surface area contributed by atoms with Crippen molar-refractivity contribution in [1.82, 2.24) is 0 Å². The third-order valence-corrected chi connectivity index (χ3v) is 15.0. The first-order valence-corrected chi connectivity index (χ1v) is 24.9. The highest BCUT2D eigenvalue weighted by molar-refractivity contribution is 6.27. The number of nitriles is 2. The van der Waals surface area contributed by atoms with Crippen LogP contribution in [0.3, 0.4) is 0 Å². The van der Waals surface area contributed by atoms with E-state index in [0.29, 0.717) is 11.1 Å². The molecule has 0 aliphatic rings. The number of benzene rings is 14. The summed E-state index contributed by atoms with van der Waals surface area (Å²) in [5.74, 6) is 0. The van der Waals surface area contributed by atoms with Gasteiger partial charge in [0, 0.05) is 33.5 Å². The van der Waals surface area contributed by atoms with Crippen LogP contribution in [0.2, 0.25) is 0 Å². The van der Waals surface area contributed by atoms with E-state index in [1.807, 2.05) is 12.1 Å². The van der Waals surface area contributed by atoms with Crippen molar-refractivity contribution < 1.29 is 0 Å². The monoisotopic (exact) mass is 938 g/mol. The highest BCUT2D eigenvalue weighted by Gasteiger charge is 2.26. The van der Waals surface area contributed by atoms with Gasteiger partial charge in [0.15, 0.2) is 0 Å². The number of anilines is 6. The summed E-state index contributed by atoms with van der Waals surface area (Å²) in [7, 11) is 0. The van der Waals surface area contributed by atoms with Crippen molar-refractivity contribution >= 4 is 110 Å². The maximum atomic E-state index is 11.5. The average Bonchev–Trinajstić information content (AvgIpc) is 3.47. The van der Waals surface area contributed by atoms with E-state index < -0.39 is 0 Å². The quantitative estimate of drug-likeness (QED) is 0.142. The minimum atomic E-state index is 0.558. The molecule has 0 bridgehead atoms. The fourth-order valence-corrected chi connectivity index (χ4v) is 11.5. The molecule has 4 nitrogen and oxygen atoms in total. The van der Waals surface area contributed by atoms with Crippen LogP contribution in [0.4, 0.5) is 34.1 Å². The number of rotatable bonds is 8. The van der Waals surface area contributed by atoms with Gasteiger partial charge in [-0.3, -0.25) is 0 Å². The molecule has 342 valence electrons. The van der Waals surface area contributed by atoms with Crippen molar-refractivity contribution in [3.63, 3.8) is 0 Å². The van der Waals surface area contributed by atoms with Gasteiger partial charge >= 0.3 is 0 Å². The summed E-state index contributed by atoms with van der Waals surface area (Å²) >= 11 is 0. The van der Waals surface area contributed by atoms with Crippen LogP contribution in [0.1, 0.15) is 11.1 Å². The van der Waals surface area contributed by atoms with E-state index in [-0.39, 0.29) is 0 Å². The number of nitrogens with zero attached hydrogens (tertiary/aromatic N) is 4. The lowest BCUT2D eigenvalue weighted by atomic mass is 9.88. The lowest BCUT2D eigenvalue weighted by molar-refractivity contribution is 1.28. The standard InChI is InChI=1S/C70H42N4/c71-43-65-61-37-30-54-40-68(74(56-33-25-48(26-34-56)46-13-5-2-6-14-46)58-36-28-52-22-20-50-16-8-10-18-60(50)64(52)42-58)66(44-72)62-38-29-53(69(61)70(54)62)39-67(65)73(55-31-23-47(24-32-55)45-11-3-1-4-12-45)57-35-27-51-21-19-49-15-7-9-17-59(49)63(51)41-57/h1-42H. The van der Waals surface area contributed by atoms with Crippen LogP contribution >= 0.6 is 0 Å². The van der Waals surface area contributed by atoms with Crippen molar-refractivity contribution in [3.05, 3.63) is 266 Å². The molecule has 0 radical (unpaired) electrons. The second kappa shape index (κ2) is 17.3. The zero-order valence-corrected chi connectivity index (χ0v) is 40.0. The fraction of sp³-hybridized carbons (Fsp3) is 0. The molecule has 74 heavy (non-hydrogen) atoms. The highest BCUT2D eigenvalue weighted by atomic mass is 15.2. The van der Waals surface area contributed by atoms with Gasteiger partial charge in [0.2, 0.25) is 0 Å². The van der Waals surface area contributed by atoms with E-state index >= 15 is 0 Å². The molecule has 4 heteroatoms. The average molecular weight is 939 g/mol. The van der Waals surface area contributed by atoms with Crippen LogP contribution in [0.25, 0.3) is 97.7 Å². The van der Waals surface area contributed by atoms with E-state index in [9.17, 15) is 10.5 Å². The van der Waals surface area contributed by atoms with E-state index in [1.165, 1.54) is 21.5 Å². The van der Waals surface area contributed by atoms with Gasteiger partial charge in [0.25, 0.3) is 0 Å². The normalized spacial score (nSPS) is 11.5. The summed E-state index contributed by atoms with van der Waals surface area (Å²) in [4.78, 5) is 4.46. The van der Waals surface area contributed by atoms with Crippen LogP contribution in [0.15, 0.2) is 255 Å². The largest absolute Gasteiger partial charge is 0.309 e. The SMILES string of the molecule is N#Cc1c(N(c2ccc(-c3ccccc3)cc2)c2ccc3ccc4ccccc4c3c2)cc2ccc3c(C#N)c(N(c4ccc(-c5ccccc5)cc4)c4ccc5ccc6ccccc6c5c4)cc4ccc1c2c43. The number of fused-ring (bicyclic) bond motifs is 6. The fourth-order valence-electron chi connectivity index (χ4n) is 11.5. The van der Waals surface area contributed by atoms with Crippen LogP contribution in [-0.4, -0.2) is 0 Å². The maximum absolute atomic E-state index is 11.5. The molecule has 14 rings (SSSR count). The first kappa shape index (κ1) is 42.6. The minimum absolute atomic E-state index is 0.558. The molecule has 0 N–H and O–H groups in total. The molecule has 0 aromatic heterocycles. The van der Waals surface area contributed by atoms with Crippen LogP contribution < -0.4 is 9.80 Å². The summed E-state index contributed by atoms with van der Waals surface area (Å²) in [5.41, 5.74) is 10.9. The molecule has 0 aliphatic carbocycles. The summed E-state index contributed by atoms with van der Waals surface area (Å²) in [5, 5.41) is 37.7. The molecule has 0 heterocycles. The highest BCUT2D eigenvalue weighted by Crippen LogP contribution is 2.49. The van der Waals surface area contributed by atoms with Crippen molar-refractivity contribution in [2.45, 2.75) is 0 Å². The van der Waals surface area contributed by atoms with E-state index in [4.69, 9.17) is 0 Å². The molecule has 0 fully saturated rings. The lowest BCUT2D eigenvalue weighted by Crippen LogP contribution is -2.13. The van der Waals surface area contributed by atoms with E-state index in [2.05, 4.69) is 265 Å². The molecule has 14 aromatic carbocycles. The molecule has 0 aliphatic heterocycles. The molecule has 0 spiro atoms. The van der Waals surface area contributed by atoms with Gasteiger partial charge in [-0.05, 0) is 148 Å². The Bertz CT molecular complexity index is 4310. The van der Waals surface area contributed by atoms with E-state index in [1.54, 1.807) is 0 Å². The molecule has 0 saturated carbocycles. The molecule has 0 atom stereocenters. The van der Waals surface area contributed by atoms with Crippen LogP contribution in [0, 0.1) is 22.7 Å². The van der Waals surface area contributed by atoms with Crippen molar-refractivity contribution in [3.8, 4) is 34.4 Å². The minimum Gasteiger partial charge on any atom is -0.309 e. The molecular formula is C70H42N4. The third kappa shape index (κ3) is 6.90. The Hall–Kier alpha value is -10.3. The number of hydrogen-bond acceptors (Lipinski definition) is 4. The number of hydrogen-bond donors (Lipinski definition) is 0. The van der Waals surface area contributed by atoms with Gasteiger partial charge in [-0.25, -0.2) is 0 Å². The van der Waals surface area contributed by atoms with Gasteiger partial charge in [0.1, 0.15) is 12.1 Å². The first-order chi connectivity index (χ1) is 36.6. The van der Waals surface area contributed by atoms with Gasteiger partial charge in [-0.15, -0.1) is 0 Å². The Balaban J connectivity index is 0.977. The van der Waals surface area contributed by atoms with E-state index in [0.717, 1.165) is 110 Å². The van der Waals surface area contributed by atoms with Crippen LogP contribution in [0.5, 0.6) is 0 Å². The van der Waals surface area contributed by atoms with Gasteiger partial charge in [-0.2, -0.15) is 10.5 Å². The Labute approximate surface area is 428 Å². The second-order valence-electron chi connectivity index (χ2n) is 19.1. The third-order valence-electron chi connectivity index (χ3n) is 15.0. The Kier molecular flexibility index (Phi) is 9.93.